The van der Waals surface area contributed by atoms with Gasteiger partial charge in [-0.3, -0.25) is 5.41 Å². The van der Waals surface area contributed by atoms with E-state index in [4.69, 9.17) is 11.1 Å². The van der Waals surface area contributed by atoms with Gasteiger partial charge in [0.05, 0.1) is 0 Å². The van der Waals surface area contributed by atoms with E-state index in [0.29, 0.717) is 0 Å². The van der Waals surface area contributed by atoms with Gasteiger partial charge in [-0.05, 0) is 55.9 Å². The van der Waals surface area contributed by atoms with Crippen LogP contribution in [0, 0.1) is 11.3 Å². The van der Waals surface area contributed by atoms with Crippen molar-refractivity contribution in [2.45, 2.75) is 31.7 Å². The van der Waals surface area contributed by atoms with E-state index in [0.717, 1.165) is 17.5 Å². The lowest BCUT2D eigenvalue weighted by Gasteiger charge is -2.24. The fourth-order valence-corrected chi connectivity index (χ4v) is 2.26. The van der Waals surface area contributed by atoms with Crippen LogP contribution >= 0.6 is 0 Å². The van der Waals surface area contributed by atoms with E-state index in [9.17, 15) is 0 Å². The third-order valence-electron chi connectivity index (χ3n) is 3.65. The first-order chi connectivity index (χ1) is 8.24. The zero-order valence-corrected chi connectivity index (χ0v) is 10.0. The summed E-state index contributed by atoms with van der Waals surface area (Å²) in [5, 5.41) is 7.40. The van der Waals surface area contributed by atoms with Crippen molar-refractivity contribution in [1.29, 1.82) is 5.41 Å². The molecule has 3 N–H and O–H groups in total. The molecule has 0 radical (unpaired) electrons. The van der Waals surface area contributed by atoms with E-state index in [1.165, 1.54) is 37.9 Å². The monoisotopic (exact) mass is 229 g/mol. The molecule has 17 heavy (non-hydrogen) atoms. The summed E-state index contributed by atoms with van der Waals surface area (Å²) in [5.74, 6) is 1.07. The molecule has 2 aliphatic carbocycles. The van der Waals surface area contributed by atoms with E-state index in [-0.39, 0.29) is 5.84 Å². The van der Waals surface area contributed by atoms with Crippen molar-refractivity contribution in [3.63, 3.8) is 0 Å². The molecule has 2 saturated carbocycles. The topological polar surface area (TPSA) is 53.1 Å². The molecule has 2 fully saturated rings. The van der Waals surface area contributed by atoms with Crippen LogP contribution in [0.5, 0.6) is 0 Å². The van der Waals surface area contributed by atoms with Crippen molar-refractivity contribution in [3.8, 4) is 0 Å². The van der Waals surface area contributed by atoms with Crippen LogP contribution in [0.3, 0.4) is 0 Å². The fraction of sp³-hybridized carbons (Fsp3) is 0.500. The number of nitrogens with zero attached hydrogens (tertiary/aromatic N) is 1. The number of rotatable bonds is 5. The summed E-state index contributed by atoms with van der Waals surface area (Å²) in [6.45, 7) is 1.21. The summed E-state index contributed by atoms with van der Waals surface area (Å²) >= 11 is 0. The Kier molecular flexibility index (Phi) is 2.54. The Labute approximate surface area is 102 Å². The largest absolute Gasteiger partial charge is 0.384 e. The van der Waals surface area contributed by atoms with Gasteiger partial charge in [0, 0.05) is 23.8 Å². The Hall–Kier alpha value is -1.51. The van der Waals surface area contributed by atoms with Crippen molar-refractivity contribution < 1.29 is 0 Å². The quantitative estimate of drug-likeness (QED) is 0.601. The number of hydrogen-bond acceptors (Lipinski definition) is 2. The smallest absolute Gasteiger partial charge is 0.122 e. The van der Waals surface area contributed by atoms with Crippen molar-refractivity contribution in [2.24, 2.45) is 11.7 Å². The normalized spacial score (nSPS) is 19.1. The highest BCUT2D eigenvalue weighted by Crippen LogP contribution is 2.37. The summed E-state index contributed by atoms with van der Waals surface area (Å²) in [4.78, 5) is 2.54. The Bertz CT molecular complexity index is 416. The minimum Gasteiger partial charge on any atom is -0.384 e. The Morgan fingerprint density at radius 1 is 1.18 bits per heavy atom. The highest BCUT2D eigenvalue weighted by molar-refractivity contribution is 5.95. The van der Waals surface area contributed by atoms with Gasteiger partial charge in [-0.1, -0.05) is 0 Å². The Balaban J connectivity index is 1.77. The molecule has 0 amide bonds. The van der Waals surface area contributed by atoms with Crippen LogP contribution in [0.4, 0.5) is 5.69 Å². The van der Waals surface area contributed by atoms with E-state index in [2.05, 4.69) is 17.0 Å². The first-order valence-electron chi connectivity index (χ1n) is 6.45. The molecule has 0 saturated heterocycles. The molecular weight excluding hydrogens is 210 g/mol. The van der Waals surface area contributed by atoms with E-state index < -0.39 is 0 Å². The van der Waals surface area contributed by atoms with Gasteiger partial charge in [0.2, 0.25) is 0 Å². The van der Waals surface area contributed by atoms with Gasteiger partial charge < -0.3 is 10.6 Å². The second kappa shape index (κ2) is 4.06. The zero-order valence-electron chi connectivity index (χ0n) is 10.0. The number of hydrogen-bond donors (Lipinski definition) is 2. The zero-order chi connectivity index (χ0) is 11.8. The average Bonchev–Trinajstić information content (AvgIpc) is 3.18. The summed E-state index contributed by atoms with van der Waals surface area (Å²) < 4.78 is 0. The summed E-state index contributed by atoms with van der Waals surface area (Å²) in [7, 11) is 0. The van der Waals surface area contributed by atoms with Gasteiger partial charge in [-0.2, -0.15) is 0 Å². The van der Waals surface area contributed by atoms with Gasteiger partial charge in [0.25, 0.3) is 0 Å². The van der Waals surface area contributed by atoms with Crippen LogP contribution < -0.4 is 10.6 Å². The van der Waals surface area contributed by atoms with Gasteiger partial charge in [-0.25, -0.2) is 0 Å². The van der Waals surface area contributed by atoms with Crippen LogP contribution in [-0.2, 0) is 0 Å². The molecule has 1 aromatic rings. The molecule has 90 valence electrons. The van der Waals surface area contributed by atoms with Crippen LogP contribution in [0.15, 0.2) is 24.3 Å². The van der Waals surface area contributed by atoms with Gasteiger partial charge in [0.15, 0.2) is 0 Å². The highest BCUT2D eigenvalue weighted by atomic mass is 15.2. The Morgan fingerprint density at radius 2 is 1.82 bits per heavy atom. The summed E-state index contributed by atoms with van der Waals surface area (Å²) in [6.07, 6.45) is 5.46. The SMILES string of the molecule is N=C(N)c1ccc(N(CC2CC2)C2CC2)cc1. The van der Waals surface area contributed by atoms with Crippen LogP contribution in [0.1, 0.15) is 31.2 Å². The van der Waals surface area contributed by atoms with E-state index in [1.54, 1.807) is 0 Å². The van der Waals surface area contributed by atoms with Crippen LogP contribution in [0.2, 0.25) is 0 Å². The number of nitrogens with two attached hydrogens (primary N) is 1. The minimum atomic E-state index is 0.150. The molecule has 0 unspecified atom stereocenters. The van der Waals surface area contributed by atoms with Crippen LogP contribution in [0.25, 0.3) is 0 Å². The Morgan fingerprint density at radius 3 is 2.29 bits per heavy atom. The molecule has 0 heterocycles. The lowest BCUT2D eigenvalue weighted by molar-refractivity contribution is 0.719. The second-order valence-corrected chi connectivity index (χ2v) is 5.29. The first kappa shape index (κ1) is 10.6. The molecule has 1 aromatic carbocycles. The van der Waals surface area contributed by atoms with E-state index >= 15 is 0 Å². The first-order valence-corrected chi connectivity index (χ1v) is 6.45. The summed E-state index contributed by atoms with van der Waals surface area (Å²) in [6, 6.07) is 8.90. The molecular formula is C14H19N3. The number of nitrogens with one attached hydrogen (secondary N) is 1. The molecule has 0 spiro atoms. The fourth-order valence-electron chi connectivity index (χ4n) is 2.26. The lowest BCUT2D eigenvalue weighted by atomic mass is 10.1. The predicted octanol–water partition coefficient (Wildman–Crippen LogP) is 2.35. The van der Waals surface area contributed by atoms with Crippen molar-refractivity contribution in [3.05, 3.63) is 29.8 Å². The molecule has 0 atom stereocenters. The number of anilines is 1. The summed E-state index contributed by atoms with van der Waals surface area (Å²) in [5.41, 5.74) is 7.58. The second-order valence-electron chi connectivity index (χ2n) is 5.29. The maximum Gasteiger partial charge on any atom is 0.122 e. The number of benzene rings is 1. The van der Waals surface area contributed by atoms with Crippen molar-refractivity contribution in [2.75, 3.05) is 11.4 Å². The number of amidine groups is 1. The van der Waals surface area contributed by atoms with Crippen molar-refractivity contribution in [1.82, 2.24) is 0 Å². The van der Waals surface area contributed by atoms with Crippen molar-refractivity contribution >= 4 is 11.5 Å². The standard InChI is InChI=1S/C14H19N3/c15-14(16)11-3-5-12(6-4-11)17(13-7-8-13)9-10-1-2-10/h3-6,10,13H,1-2,7-9H2,(H3,15,16). The molecule has 0 aliphatic heterocycles. The average molecular weight is 229 g/mol. The molecule has 0 aromatic heterocycles. The predicted molar refractivity (Wildman–Crippen MR) is 70.6 cm³/mol. The van der Waals surface area contributed by atoms with Crippen LogP contribution in [-0.4, -0.2) is 18.4 Å². The van der Waals surface area contributed by atoms with E-state index in [1.807, 2.05) is 12.1 Å². The van der Waals surface area contributed by atoms with Gasteiger partial charge >= 0.3 is 0 Å². The lowest BCUT2D eigenvalue weighted by Crippen LogP contribution is -2.28. The molecule has 0 bridgehead atoms. The maximum absolute atomic E-state index is 7.40. The number of nitrogen functional groups attached to an aromatic ring is 1. The highest BCUT2D eigenvalue weighted by Gasteiger charge is 2.33. The van der Waals surface area contributed by atoms with Gasteiger partial charge in [-0.15, -0.1) is 0 Å². The van der Waals surface area contributed by atoms with Gasteiger partial charge in [0.1, 0.15) is 5.84 Å². The minimum absolute atomic E-state index is 0.150. The molecule has 3 heteroatoms. The molecule has 3 nitrogen and oxygen atoms in total. The molecule has 2 aliphatic rings. The molecule has 3 rings (SSSR count). The third kappa shape index (κ3) is 2.43. The maximum atomic E-state index is 7.40. The third-order valence-corrected chi connectivity index (χ3v) is 3.65.